The van der Waals surface area contributed by atoms with Crippen LogP contribution in [0.2, 0.25) is 0 Å². The molecule has 0 aromatic rings. The minimum atomic E-state index is -1.13. The van der Waals surface area contributed by atoms with Crippen molar-refractivity contribution in [3.8, 4) is 0 Å². The number of dihydropyridines is 1. The number of amides is 1. The highest BCUT2D eigenvalue weighted by atomic mass is 16.4. The SMILES string of the molecule is CC1=CC(C)=NC(=O)C1C(=O)O. The molecule has 64 valence electrons. The van der Waals surface area contributed by atoms with Crippen molar-refractivity contribution in [3.63, 3.8) is 0 Å². The third-order valence-electron chi connectivity index (χ3n) is 1.67. The van der Waals surface area contributed by atoms with Gasteiger partial charge in [0.15, 0.2) is 5.92 Å². The zero-order chi connectivity index (χ0) is 9.30. The molecule has 1 aliphatic rings. The Bertz CT molecular complexity index is 301. The first-order valence-corrected chi connectivity index (χ1v) is 3.52. The molecule has 0 saturated carbocycles. The standard InChI is InChI=1S/C8H9NO3/c1-4-3-5(2)9-7(10)6(4)8(11)12/h3,6H,1-2H3,(H,11,12). The molecule has 4 heteroatoms. The first-order valence-electron chi connectivity index (χ1n) is 3.52. The molecule has 1 N–H and O–H groups in total. The fourth-order valence-corrected chi connectivity index (χ4v) is 1.18. The number of carbonyl (C=O) groups excluding carboxylic acids is 1. The summed E-state index contributed by atoms with van der Waals surface area (Å²) in [6.07, 6.45) is 1.61. The van der Waals surface area contributed by atoms with Gasteiger partial charge in [-0.25, -0.2) is 4.99 Å². The zero-order valence-electron chi connectivity index (χ0n) is 6.87. The Kier molecular flexibility index (Phi) is 2.08. The number of carboxylic acids is 1. The summed E-state index contributed by atoms with van der Waals surface area (Å²) in [5.74, 6) is -2.79. The van der Waals surface area contributed by atoms with E-state index >= 15 is 0 Å². The number of nitrogens with zero attached hydrogens (tertiary/aromatic N) is 1. The van der Waals surface area contributed by atoms with E-state index in [1.807, 2.05) is 0 Å². The summed E-state index contributed by atoms with van der Waals surface area (Å²) in [5, 5.41) is 8.63. The predicted molar refractivity (Wildman–Crippen MR) is 43.0 cm³/mol. The molecule has 0 fully saturated rings. The van der Waals surface area contributed by atoms with Gasteiger partial charge in [-0.15, -0.1) is 0 Å². The maximum atomic E-state index is 11.0. The van der Waals surface area contributed by atoms with Crippen LogP contribution < -0.4 is 0 Å². The summed E-state index contributed by atoms with van der Waals surface area (Å²) >= 11 is 0. The average molecular weight is 167 g/mol. The van der Waals surface area contributed by atoms with Crippen molar-refractivity contribution in [1.29, 1.82) is 0 Å². The maximum absolute atomic E-state index is 11.0. The van der Waals surface area contributed by atoms with Crippen molar-refractivity contribution in [3.05, 3.63) is 11.6 Å². The molecule has 4 nitrogen and oxygen atoms in total. The summed E-state index contributed by atoms with van der Waals surface area (Å²) in [4.78, 5) is 25.2. The lowest BCUT2D eigenvalue weighted by molar-refractivity contribution is -0.144. The van der Waals surface area contributed by atoms with Gasteiger partial charge in [-0.2, -0.15) is 0 Å². The van der Waals surface area contributed by atoms with Gasteiger partial charge < -0.3 is 5.11 Å². The van der Waals surface area contributed by atoms with Crippen LogP contribution in [0.3, 0.4) is 0 Å². The second-order valence-corrected chi connectivity index (χ2v) is 2.75. The molecule has 0 radical (unpaired) electrons. The number of allylic oxidation sites excluding steroid dienone is 1. The maximum Gasteiger partial charge on any atom is 0.320 e. The van der Waals surface area contributed by atoms with Crippen LogP contribution in [-0.2, 0) is 9.59 Å². The zero-order valence-corrected chi connectivity index (χ0v) is 6.87. The molecule has 1 amide bonds. The van der Waals surface area contributed by atoms with Gasteiger partial charge in [-0.05, 0) is 25.5 Å². The third-order valence-corrected chi connectivity index (χ3v) is 1.67. The van der Waals surface area contributed by atoms with Crippen LogP contribution in [0.5, 0.6) is 0 Å². The molecule has 0 aromatic heterocycles. The molecule has 0 aromatic carbocycles. The number of carbonyl (C=O) groups is 2. The number of rotatable bonds is 1. The Morgan fingerprint density at radius 3 is 2.58 bits per heavy atom. The molecule has 1 heterocycles. The summed E-state index contributed by atoms with van der Waals surface area (Å²) in [6.45, 7) is 3.29. The van der Waals surface area contributed by atoms with Gasteiger partial charge in [0.1, 0.15) is 0 Å². The highest BCUT2D eigenvalue weighted by molar-refractivity contribution is 6.11. The summed E-state index contributed by atoms with van der Waals surface area (Å²) in [6, 6.07) is 0. The largest absolute Gasteiger partial charge is 0.480 e. The second kappa shape index (κ2) is 2.89. The van der Waals surface area contributed by atoms with Gasteiger partial charge in [0, 0.05) is 5.71 Å². The van der Waals surface area contributed by atoms with E-state index in [1.54, 1.807) is 19.9 Å². The molecule has 1 aliphatic heterocycles. The molecular weight excluding hydrogens is 158 g/mol. The fourth-order valence-electron chi connectivity index (χ4n) is 1.18. The molecule has 0 saturated heterocycles. The molecular formula is C8H9NO3. The van der Waals surface area contributed by atoms with Gasteiger partial charge in [-0.1, -0.05) is 0 Å². The van der Waals surface area contributed by atoms with Crippen LogP contribution in [0.4, 0.5) is 0 Å². The summed E-state index contributed by atoms with van der Waals surface area (Å²) in [7, 11) is 0. The van der Waals surface area contributed by atoms with E-state index in [4.69, 9.17) is 5.11 Å². The van der Waals surface area contributed by atoms with E-state index in [0.717, 1.165) is 0 Å². The van der Waals surface area contributed by atoms with Crippen molar-refractivity contribution in [2.24, 2.45) is 10.9 Å². The minimum Gasteiger partial charge on any atom is -0.480 e. The van der Waals surface area contributed by atoms with Crippen molar-refractivity contribution in [2.75, 3.05) is 0 Å². The lowest BCUT2D eigenvalue weighted by Gasteiger charge is -2.13. The first kappa shape index (κ1) is 8.64. The molecule has 0 bridgehead atoms. The normalized spacial score (nSPS) is 23.2. The Morgan fingerprint density at radius 2 is 2.17 bits per heavy atom. The van der Waals surface area contributed by atoms with Crippen LogP contribution in [0.15, 0.2) is 16.6 Å². The van der Waals surface area contributed by atoms with E-state index in [2.05, 4.69) is 4.99 Å². The minimum absolute atomic E-state index is 0.542. The molecule has 1 atom stereocenters. The van der Waals surface area contributed by atoms with Crippen LogP contribution in [0, 0.1) is 5.92 Å². The van der Waals surface area contributed by atoms with E-state index in [9.17, 15) is 9.59 Å². The van der Waals surface area contributed by atoms with Gasteiger partial charge >= 0.3 is 5.97 Å². The molecule has 12 heavy (non-hydrogen) atoms. The van der Waals surface area contributed by atoms with Crippen molar-refractivity contribution >= 4 is 17.6 Å². The predicted octanol–water partition coefficient (Wildman–Crippen LogP) is 0.635. The Morgan fingerprint density at radius 1 is 1.58 bits per heavy atom. The van der Waals surface area contributed by atoms with Crippen LogP contribution in [0.25, 0.3) is 0 Å². The molecule has 0 spiro atoms. The van der Waals surface area contributed by atoms with Gasteiger partial charge in [-0.3, -0.25) is 9.59 Å². The van der Waals surface area contributed by atoms with Gasteiger partial charge in [0.2, 0.25) is 0 Å². The monoisotopic (exact) mass is 167 g/mol. The lowest BCUT2D eigenvalue weighted by Crippen LogP contribution is -2.27. The average Bonchev–Trinajstić information content (AvgIpc) is 1.82. The molecule has 1 rings (SSSR count). The topological polar surface area (TPSA) is 66.7 Å². The Hall–Kier alpha value is -1.45. The second-order valence-electron chi connectivity index (χ2n) is 2.75. The summed E-state index contributed by atoms with van der Waals surface area (Å²) in [5.41, 5.74) is 1.11. The van der Waals surface area contributed by atoms with Crippen molar-refractivity contribution < 1.29 is 14.7 Å². The van der Waals surface area contributed by atoms with E-state index < -0.39 is 17.8 Å². The smallest absolute Gasteiger partial charge is 0.320 e. The number of carboxylic acid groups (broad SMARTS) is 1. The Balaban J connectivity index is 3.03. The number of aliphatic carboxylic acids is 1. The van der Waals surface area contributed by atoms with Gasteiger partial charge in [0.05, 0.1) is 0 Å². The highest BCUT2D eigenvalue weighted by Crippen LogP contribution is 2.17. The van der Waals surface area contributed by atoms with E-state index in [-0.39, 0.29) is 0 Å². The number of hydrogen-bond donors (Lipinski definition) is 1. The van der Waals surface area contributed by atoms with Crippen molar-refractivity contribution in [2.45, 2.75) is 13.8 Å². The van der Waals surface area contributed by atoms with Crippen LogP contribution >= 0.6 is 0 Å². The number of hydrogen-bond acceptors (Lipinski definition) is 2. The fraction of sp³-hybridized carbons (Fsp3) is 0.375. The number of aliphatic imine (C=N–C) groups is 1. The van der Waals surface area contributed by atoms with Crippen molar-refractivity contribution in [1.82, 2.24) is 0 Å². The van der Waals surface area contributed by atoms with Gasteiger partial charge in [0.25, 0.3) is 5.91 Å². The lowest BCUT2D eigenvalue weighted by atomic mass is 9.96. The Labute approximate surface area is 69.6 Å². The molecule has 1 unspecified atom stereocenters. The van der Waals surface area contributed by atoms with Crippen LogP contribution in [0.1, 0.15) is 13.8 Å². The van der Waals surface area contributed by atoms with E-state index in [1.165, 1.54) is 0 Å². The summed E-state index contributed by atoms with van der Waals surface area (Å²) < 4.78 is 0. The van der Waals surface area contributed by atoms with E-state index in [0.29, 0.717) is 11.3 Å². The third kappa shape index (κ3) is 1.42. The molecule has 0 aliphatic carbocycles. The first-order chi connectivity index (χ1) is 5.52. The quantitative estimate of drug-likeness (QED) is 0.582. The van der Waals surface area contributed by atoms with Crippen LogP contribution in [-0.4, -0.2) is 22.7 Å². The highest BCUT2D eigenvalue weighted by Gasteiger charge is 2.29.